The molecule has 0 bridgehead atoms. The van der Waals surface area contributed by atoms with E-state index < -0.39 is 4.92 Å². The summed E-state index contributed by atoms with van der Waals surface area (Å²) in [6.07, 6.45) is 1.68. The van der Waals surface area contributed by atoms with Gasteiger partial charge in [0.05, 0.1) is 4.92 Å². The normalized spacial score (nSPS) is 10.2. The Kier molecular flexibility index (Phi) is 6.45. The maximum absolute atomic E-state index is 11.8. The first kappa shape index (κ1) is 15.9. The summed E-state index contributed by atoms with van der Waals surface area (Å²) in [6.45, 7) is 3.82. The van der Waals surface area contributed by atoms with E-state index in [-0.39, 0.29) is 17.3 Å². The summed E-state index contributed by atoms with van der Waals surface area (Å²) < 4.78 is 5.29. The second-order valence-corrected chi connectivity index (χ2v) is 4.25. The first-order valence-corrected chi connectivity index (χ1v) is 6.46. The van der Waals surface area contributed by atoms with Gasteiger partial charge in [0, 0.05) is 31.4 Å². The Morgan fingerprint density at radius 3 is 2.80 bits per heavy atom. The molecule has 0 aliphatic rings. The van der Waals surface area contributed by atoms with Crippen LogP contribution in [0.15, 0.2) is 18.2 Å². The monoisotopic (exact) mass is 281 g/mol. The topological polar surface area (TPSA) is 107 Å². The van der Waals surface area contributed by atoms with Crippen LogP contribution in [0.4, 0.5) is 11.4 Å². The van der Waals surface area contributed by atoms with Crippen molar-refractivity contribution in [2.24, 2.45) is 0 Å². The third-order valence-corrected chi connectivity index (χ3v) is 2.59. The van der Waals surface area contributed by atoms with Gasteiger partial charge < -0.3 is 15.8 Å². The summed E-state index contributed by atoms with van der Waals surface area (Å²) in [6, 6.07) is 3.92. The van der Waals surface area contributed by atoms with E-state index in [1.165, 1.54) is 18.2 Å². The number of nitro benzene ring substituents is 1. The van der Waals surface area contributed by atoms with Crippen LogP contribution in [0.2, 0.25) is 0 Å². The molecule has 0 aliphatic carbocycles. The van der Waals surface area contributed by atoms with Crippen molar-refractivity contribution in [1.29, 1.82) is 0 Å². The van der Waals surface area contributed by atoms with Gasteiger partial charge in [-0.05, 0) is 25.0 Å². The molecule has 20 heavy (non-hydrogen) atoms. The van der Waals surface area contributed by atoms with E-state index in [0.717, 1.165) is 6.42 Å². The molecule has 0 heterocycles. The van der Waals surface area contributed by atoms with Crippen LogP contribution < -0.4 is 11.1 Å². The number of benzene rings is 1. The van der Waals surface area contributed by atoms with Gasteiger partial charge in [0.2, 0.25) is 0 Å². The van der Waals surface area contributed by atoms with Crippen LogP contribution in [0.5, 0.6) is 0 Å². The van der Waals surface area contributed by atoms with Crippen molar-refractivity contribution < 1.29 is 14.5 Å². The summed E-state index contributed by atoms with van der Waals surface area (Å²) in [7, 11) is 0. The van der Waals surface area contributed by atoms with Gasteiger partial charge in [0.25, 0.3) is 11.6 Å². The smallest absolute Gasteiger partial charge is 0.292 e. The lowest BCUT2D eigenvalue weighted by Crippen LogP contribution is -2.25. The molecule has 1 rings (SSSR count). The van der Waals surface area contributed by atoms with Crippen molar-refractivity contribution in [2.45, 2.75) is 19.8 Å². The highest BCUT2D eigenvalue weighted by atomic mass is 16.6. The van der Waals surface area contributed by atoms with Crippen LogP contribution in [0.25, 0.3) is 0 Å². The predicted molar refractivity (Wildman–Crippen MR) is 75.6 cm³/mol. The molecule has 1 aromatic carbocycles. The zero-order chi connectivity index (χ0) is 15.0. The molecule has 3 N–H and O–H groups in total. The second-order valence-electron chi connectivity index (χ2n) is 4.25. The van der Waals surface area contributed by atoms with Crippen molar-refractivity contribution in [3.05, 3.63) is 33.9 Å². The Balaban J connectivity index is 2.44. The first-order chi connectivity index (χ1) is 9.56. The largest absolute Gasteiger partial charge is 0.393 e. The highest BCUT2D eigenvalue weighted by Crippen LogP contribution is 2.21. The molecule has 7 heteroatoms. The predicted octanol–water partition coefficient (Wildman–Crippen LogP) is 1.72. The lowest BCUT2D eigenvalue weighted by atomic mass is 10.1. The van der Waals surface area contributed by atoms with Crippen molar-refractivity contribution in [2.75, 3.05) is 25.5 Å². The number of carbonyl (C=O) groups excluding carboxylic acids is 1. The number of anilines is 1. The molecule has 0 atom stereocenters. The molecule has 1 aromatic rings. The number of nitro groups is 1. The number of amides is 1. The highest BCUT2D eigenvalue weighted by molar-refractivity contribution is 5.95. The summed E-state index contributed by atoms with van der Waals surface area (Å²) in [5, 5.41) is 13.3. The molecule has 0 saturated heterocycles. The number of nitrogens with zero attached hydrogens (tertiary/aromatic N) is 1. The van der Waals surface area contributed by atoms with Gasteiger partial charge in [0.1, 0.15) is 5.69 Å². The minimum absolute atomic E-state index is 0.0195. The second kappa shape index (κ2) is 8.11. The SMILES string of the molecule is CCCOCCCNC(=O)c1ccc([N+](=O)[O-])c(N)c1. The van der Waals surface area contributed by atoms with Crippen molar-refractivity contribution >= 4 is 17.3 Å². The van der Waals surface area contributed by atoms with Gasteiger partial charge in [-0.15, -0.1) is 0 Å². The number of nitrogen functional groups attached to an aromatic ring is 1. The number of nitrogens with one attached hydrogen (secondary N) is 1. The van der Waals surface area contributed by atoms with Crippen LogP contribution in [0.1, 0.15) is 30.1 Å². The van der Waals surface area contributed by atoms with E-state index in [0.29, 0.717) is 31.7 Å². The molecule has 7 nitrogen and oxygen atoms in total. The molecule has 0 unspecified atom stereocenters. The number of nitrogens with two attached hydrogens (primary N) is 1. The maximum atomic E-state index is 11.8. The van der Waals surface area contributed by atoms with Crippen molar-refractivity contribution in [3.8, 4) is 0 Å². The number of hydrogen-bond acceptors (Lipinski definition) is 5. The third kappa shape index (κ3) is 4.85. The molecular weight excluding hydrogens is 262 g/mol. The Hall–Kier alpha value is -2.15. The summed E-state index contributed by atoms with van der Waals surface area (Å²) in [5.41, 5.74) is 5.62. The Morgan fingerprint density at radius 2 is 2.20 bits per heavy atom. The Bertz CT molecular complexity index is 477. The number of rotatable bonds is 8. The minimum atomic E-state index is -0.581. The van der Waals surface area contributed by atoms with E-state index in [2.05, 4.69) is 5.32 Å². The molecule has 0 fully saturated rings. The van der Waals surface area contributed by atoms with Gasteiger partial charge in [-0.1, -0.05) is 6.92 Å². The quantitative estimate of drug-likeness (QED) is 0.326. The fraction of sp³-hybridized carbons (Fsp3) is 0.462. The van der Waals surface area contributed by atoms with Gasteiger partial charge in [-0.3, -0.25) is 14.9 Å². The fourth-order valence-electron chi connectivity index (χ4n) is 1.59. The molecule has 1 amide bonds. The maximum Gasteiger partial charge on any atom is 0.292 e. The molecular formula is C13H19N3O4. The minimum Gasteiger partial charge on any atom is -0.393 e. The van der Waals surface area contributed by atoms with Gasteiger partial charge in [0.15, 0.2) is 0 Å². The van der Waals surface area contributed by atoms with Gasteiger partial charge in [-0.2, -0.15) is 0 Å². The van der Waals surface area contributed by atoms with Crippen LogP contribution in [-0.2, 0) is 4.74 Å². The molecule has 110 valence electrons. The number of hydrogen-bond donors (Lipinski definition) is 2. The van der Waals surface area contributed by atoms with E-state index in [1.807, 2.05) is 6.92 Å². The average molecular weight is 281 g/mol. The van der Waals surface area contributed by atoms with Crippen molar-refractivity contribution in [1.82, 2.24) is 5.32 Å². The molecule has 0 spiro atoms. The number of carbonyl (C=O) groups is 1. The zero-order valence-electron chi connectivity index (χ0n) is 11.4. The van der Waals surface area contributed by atoms with E-state index in [9.17, 15) is 14.9 Å². The van der Waals surface area contributed by atoms with E-state index in [4.69, 9.17) is 10.5 Å². The summed E-state index contributed by atoms with van der Waals surface area (Å²) in [5.74, 6) is -0.304. The number of ether oxygens (including phenoxy) is 1. The molecule has 0 radical (unpaired) electrons. The Morgan fingerprint density at radius 1 is 1.45 bits per heavy atom. The Labute approximate surface area is 117 Å². The van der Waals surface area contributed by atoms with Gasteiger partial charge in [-0.25, -0.2) is 0 Å². The van der Waals surface area contributed by atoms with Crippen molar-refractivity contribution in [3.63, 3.8) is 0 Å². The molecule has 0 aromatic heterocycles. The van der Waals surface area contributed by atoms with Crippen LogP contribution in [0, 0.1) is 10.1 Å². The van der Waals surface area contributed by atoms with Gasteiger partial charge >= 0.3 is 0 Å². The highest BCUT2D eigenvalue weighted by Gasteiger charge is 2.14. The fourth-order valence-corrected chi connectivity index (χ4v) is 1.59. The lowest BCUT2D eigenvalue weighted by Gasteiger charge is -2.06. The standard InChI is InChI=1S/C13H19N3O4/c1-2-7-20-8-3-6-15-13(17)10-4-5-12(16(18)19)11(14)9-10/h4-5,9H,2-3,6-8,14H2,1H3,(H,15,17). The van der Waals surface area contributed by atoms with E-state index >= 15 is 0 Å². The van der Waals surface area contributed by atoms with E-state index in [1.54, 1.807) is 0 Å². The average Bonchev–Trinajstić information content (AvgIpc) is 2.41. The summed E-state index contributed by atoms with van der Waals surface area (Å²) in [4.78, 5) is 21.8. The first-order valence-electron chi connectivity index (χ1n) is 6.46. The van der Waals surface area contributed by atoms with Crippen LogP contribution >= 0.6 is 0 Å². The zero-order valence-corrected chi connectivity index (χ0v) is 11.4. The lowest BCUT2D eigenvalue weighted by molar-refractivity contribution is -0.383. The molecule has 0 aliphatic heterocycles. The molecule has 0 saturated carbocycles. The van der Waals surface area contributed by atoms with Crippen LogP contribution in [0.3, 0.4) is 0 Å². The van der Waals surface area contributed by atoms with Crippen LogP contribution in [-0.4, -0.2) is 30.6 Å². The third-order valence-electron chi connectivity index (χ3n) is 2.59. The summed E-state index contributed by atoms with van der Waals surface area (Å²) >= 11 is 0.